The molecule has 0 saturated carbocycles. The molecule has 0 unspecified atom stereocenters. The molecule has 0 fully saturated rings. The van der Waals surface area contributed by atoms with Crippen molar-refractivity contribution in [1.82, 2.24) is 15.8 Å². The standard InChI is InChI=1S/C18H15N3O4/c22-17(9-14-12-4-1-2-5-13(12)18(23)20-14)19-10-11-8-16(25-21-11)15-6-3-7-24-15/h1-8,14H,9-10H2,(H,19,22)(H,20,23)/t14-/m0/s1. The number of hydrogen-bond acceptors (Lipinski definition) is 5. The maximum atomic E-state index is 12.2. The highest BCUT2D eigenvalue weighted by Gasteiger charge is 2.29. The van der Waals surface area contributed by atoms with E-state index in [2.05, 4.69) is 15.8 Å². The molecule has 2 N–H and O–H groups in total. The first-order valence-electron chi connectivity index (χ1n) is 7.86. The first-order valence-corrected chi connectivity index (χ1v) is 7.86. The highest BCUT2D eigenvalue weighted by atomic mass is 16.5. The van der Waals surface area contributed by atoms with Gasteiger partial charge in [0.05, 0.1) is 25.3 Å². The molecular weight excluding hydrogens is 322 g/mol. The van der Waals surface area contributed by atoms with Crippen molar-refractivity contribution >= 4 is 11.8 Å². The molecule has 0 aliphatic carbocycles. The normalized spacial score (nSPS) is 15.7. The van der Waals surface area contributed by atoms with Gasteiger partial charge in [-0.3, -0.25) is 9.59 Å². The van der Waals surface area contributed by atoms with Crippen LogP contribution in [0.4, 0.5) is 0 Å². The molecule has 0 spiro atoms. The molecule has 1 aromatic carbocycles. The van der Waals surface area contributed by atoms with Crippen LogP contribution >= 0.6 is 0 Å². The molecule has 3 aromatic rings. The zero-order valence-electron chi connectivity index (χ0n) is 13.2. The van der Waals surface area contributed by atoms with E-state index in [1.165, 1.54) is 0 Å². The van der Waals surface area contributed by atoms with Crippen LogP contribution in [0, 0.1) is 0 Å². The van der Waals surface area contributed by atoms with E-state index in [0.29, 0.717) is 22.8 Å². The Morgan fingerprint density at radius 1 is 1.20 bits per heavy atom. The SMILES string of the molecule is O=C(C[C@@H]1NC(=O)c2ccccc21)NCc1cc(-c2ccco2)on1. The largest absolute Gasteiger partial charge is 0.461 e. The van der Waals surface area contributed by atoms with Gasteiger partial charge in [-0.15, -0.1) is 0 Å². The van der Waals surface area contributed by atoms with Crippen LogP contribution in [0.1, 0.15) is 34.1 Å². The molecule has 4 rings (SSSR count). The van der Waals surface area contributed by atoms with E-state index in [4.69, 9.17) is 8.94 Å². The van der Waals surface area contributed by atoms with Crippen molar-refractivity contribution in [3.8, 4) is 11.5 Å². The highest BCUT2D eigenvalue weighted by molar-refractivity contribution is 5.99. The monoisotopic (exact) mass is 337 g/mol. The first-order chi connectivity index (χ1) is 12.2. The lowest BCUT2D eigenvalue weighted by molar-refractivity contribution is -0.121. The van der Waals surface area contributed by atoms with Crippen LogP contribution in [0.2, 0.25) is 0 Å². The molecule has 1 atom stereocenters. The minimum Gasteiger partial charge on any atom is -0.461 e. The second-order valence-electron chi connectivity index (χ2n) is 5.75. The Hall–Kier alpha value is -3.35. The molecule has 0 bridgehead atoms. The molecule has 7 heteroatoms. The molecule has 2 amide bonds. The second kappa shape index (κ2) is 6.27. The zero-order chi connectivity index (χ0) is 17.2. The van der Waals surface area contributed by atoms with Crippen molar-refractivity contribution in [2.24, 2.45) is 0 Å². The number of amides is 2. The number of aromatic nitrogens is 1. The smallest absolute Gasteiger partial charge is 0.252 e. The van der Waals surface area contributed by atoms with E-state index < -0.39 is 0 Å². The minimum absolute atomic E-state index is 0.145. The van der Waals surface area contributed by atoms with E-state index >= 15 is 0 Å². The Morgan fingerprint density at radius 3 is 2.92 bits per heavy atom. The van der Waals surface area contributed by atoms with Gasteiger partial charge in [-0.2, -0.15) is 0 Å². The van der Waals surface area contributed by atoms with Crippen LogP contribution in [-0.4, -0.2) is 17.0 Å². The van der Waals surface area contributed by atoms with Gasteiger partial charge < -0.3 is 19.6 Å². The number of carbonyl (C=O) groups excluding carboxylic acids is 2. The molecule has 0 radical (unpaired) electrons. The lowest BCUT2D eigenvalue weighted by atomic mass is 10.0. The molecule has 1 aliphatic rings. The maximum absolute atomic E-state index is 12.2. The Balaban J connectivity index is 1.35. The molecule has 1 aliphatic heterocycles. The van der Waals surface area contributed by atoms with Crippen molar-refractivity contribution in [3.05, 3.63) is 65.5 Å². The quantitative estimate of drug-likeness (QED) is 0.745. The third-order valence-corrected chi connectivity index (χ3v) is 4.07. The van der Waals surface area contributed by atoms with Gasteiger partial charge in [0.2, 0.25) is 11.7 Å². The summed E-state index contributed by atoms with van der Waals surface area (Å²) >= 11 is 0. The second-order valence-corrected chi connectivity index (χ2v) is 5.75. The van der Waals surface area contributed by atoms with Crippen molar-refractivity contribution in [3.63, 3.8) is 0 Å². The number of furan rings is 1. The van der Waals surface area contributed by atoms with Gasteiger partial charge in [-0.25, -0.2) is 0 Å². The zero-order valence-corrected chi connectivity index (χ0v) is 13.2. The van der Waals surface area contributed by atoms with Crippen LogP contribution in [-0.2, 0) is 11.3 Å². The van der Waals surface area contributed by atoms with Gasteiger partial charge in [0.25, 0.3) is 5.91 Å². The van der Waals surface area contributed by atoms with E-state index in [1.807, 2.05) is 18.2 Å². The highest BCUT2D eigenvalue weighted by Crippen LogP contribution is 2.27. The van der Waals surface area contributed by atoms with Gasteiger partial charge >= 0.3 is 0 Å². The number of nitrogens with zero attached hydrogens (tertiary/aromatic N) is 1. The molecule has 7 nitrogen and oxygen atoms in total. The summed E-state index contributed by atoms with van der Waals surface area (Å²) in [5.41, 5.74) is 2.07. The number of carbonyl (C=O) groups is 2. The summed E-state index contributed by atoms with van der Waals surface area (Å²) in [4.78, 5) is 24.1. The van der Waals surface area contributed by atoms with E-state index in [-0.39, 0.29) is 30.8 Å². The Labute approximate surface area is 143 Å². The van der Waals surface area contributed by atoms with E-state index in [9.17, 15) is 9.59 Å². The summed E-state index contributed by atoms with van der Waals surface area (Å²) in [6.45, 7) is 0.241. The number of nitrogens with one attached hydrogen (secondary N) is 2. The molecular formula is C18H15N3O4. The summed E-state index contributed by atoms with van der Waals surface area (Å²) in [5.74, 6) is 0.763. The Kier molecular flexibility index (Phi) is 3.81. The summed E-state index contributed by atoms with van der Waals surface area (Å²) in [6.07, 6.45) is 1.72. The van der Waals surface area contributed by atoms with Crippen LogP contribution in [0.5, 0.6) is 0 Å². The van der Waals surface area contributed by atoms with Gasteiger partial charge in [0, 0.05) is 11.6 Å². The third kappa shape index (κ3) is 3.03. The van der Waals surface area contributed by atoms with Gasteiger partial charge in [0.15, 0.2) is 5.76 Å². The number of rotatable bonds is 5. The predicted octanol–water partition coefficient (Wildman–Crippen LogP) is 2.43. The van der Waals surface area contributed by atoms with Gasteiger partial charge in [-0.05, 0) is 23.8 Å². The fourth-order valence-corrected chi connectivity index (χ4v) is 2.86. The van der Waals surface area contributed by atoms with Crippen LogP contribution < -0.4 is 10.6 Å². The van der Waals surface area contributed by atoms with Gasteiger partial charge in [-0.1, -0.05) is 23.4 Å². The van der Waals surface area contributed by atoms with Crippen LogP contribution in [0.3, 0.4) is 0 Å². The fourth-order valence-electron chi connectivity index (χ4n) is 2.86. The average molecular weight is 337 g/mol. The van der Waals surface area contributed by atoms with Crippen molar-refractivity contribution in [2.45, 2.75) is 19.0 Å². The number of fused-ring (bicyclic) bond motifs is 1. The first kappa shape index (κ1) is 15.2. The lowest BCUT2D eigenvalue weighted by Gasteiger charge is -2.11. The number of benzene rings is 1. The molecule has 2 aromatic heterocycles. The minimum atomic E-state index is -0.306. The Bertz CT molecular complexity index is 914. The number of hydrogen-bond donors (Lipinski definition) is 2. The third-order valence-electron chi connectivity index (χ3n) is 4.07. The fraction of sp³-hybridized carbons (Fsp3) is 0.167. The summed E-state index contributed by atoms with van der Waals surface area (Å²) < 4.78 is 10.4. The van der Waals surface area contributed by atoms with Crippen molar-refractivity contribution < 1.29 is 18.5 Å². The van der Waals surface area contributed by atoms with Crippen LogP contribution in [0.25, 0.3) is 11.5 Å². The van der Waals surface area contributed by atoms with Crippen molar-refractivity contribution in [1.29, 1.82) is 0 Å². The molecule has 126 valence electrons. The lowest BCUT2D eigenvalue weighted by Crippen LogP contribution is -2.28. The van der Waals surface area contributed by atoms with Crippen LogP contribution in [0.15, 0.2) is 57.7 Å². The van der Waals surface area contributed by atoms with E-state index in [1.54, 1.807) is 30.5 Å². The summed E-state index contributed by atoms with van der Waals surface area (Å²) in [5, 5.41) is 9.52. The molecule has 25 heavy (non-hydrogen) atoms. The topological polar surface area (TPSA) is 97.4 Å². The van der Waals surface area contributed by atoms with Crippen molar-refractivity contribution in [2.75, 3.05) is 0 Å². The Morgan fingerprint density at radius 2 is 2.08 bits per heavy atom. The maximum Gasteiger partial charge on any atom is 0.252 e. The predicted molar refractivity (Wildman–Crippen MR) is 87.3 cm³/mol. The molecule has 3 heterocycles. The van der Waals surface area contributed by atoms with E-state index in [0.717, 1.165) is 5.56 Å². The summed E-state index contributed by atoms with van der Waals surface area (Å²) in [7, 11) is 0. The average Bonchev–Trinajstić information content (AvgIpc) is 3.34. The van der Waals surface area contributed by atoms with Gasteiger partial charge in [0.1, 0.15) is 5.69 Å². The molecule has 0 saturated heterocycles. The summed E-state index contributed by atoms with van der Waals surface area (Å²) in [6, 6.07) is 12.2.